The Balaban J connectivity index is 1.48. The van der Waals surface area contributed by atoms with E-state index in [1.54, 1.807) is 30.3 Å². The third-order valence-corrected chi connectivity index (χ3v) is 5.96. The maximum absolute atomic E-state index is 11.5. The molecule has 0 aliphatic carbocycles. The van der Waals surface area contributed by atoms with Crippen molar-refractivity contribution < 1.29 is 34.5 Å². The lowest BCUT2D eigenvalue weighted by Gasteiger charge is -2.18. The molecule has 0 aromatic heterocycles. The Labute approximate surface area is 224 Å². The van der Waals surface area contributed by atoms with Crippen molar-refractivity contribution in [1.82, 2.24) is 5.32 Å². The molecule has 38 heavy (non-hydrogen) atoms. The lowest BCUT2D eigenvalue weighted by molar-refractivity contribution is -0.141. The van der Waals surface area contributed by atoms with Crippen molar-refractivity contribution in [3.05, 3.63) is 59.2 Å². The van der Waals surface area contributed by atoms with Crippen molar-refractivity contribution in [2.24, 2.45) is 5.73 Å². The van der Waals surface area contributed by atoms with Gasteiger partial charge in [0, 0.05) is 32.2 Å². The molecule has 10 nitrogen and oxygen atoms in total. The highest BCUT2D eigenvalue weighted by Gasteiger charge is 2.16. The number of carbonyl (C=O) groups is 2. The molecule has 0 radical (unpaired) electrons. The van der Waals surface area contributed by atoms with Gasteiger partial charge in [-0.2, -0.15) is 0 Å². The molecule has 6 N–H and O–H groups in total. The summed E-state index contributed by atoms with van der Waals surface area (Å²) in [6.45, 7) is 3.58. The summed E-state index contributed by atoms with van der Waals surface area (Å²) in [6.07, 6.45) is 6.12. The lowest BCUT2D eigenvalue weighted by Crippen LogP contribution is -2.37. The number of amides is 2. The molecule has 2 amide bonds. The van der Waals surface area contributed by atoms with E-state index < -0.39 is 18.1 Å². The SMILES string of the molecule is CC(=O)ON(C(N)=O)c1cccc(CCCCOCCCCCCNC[C@H](O)c2ccc(O)c(CO)c2)c1. The van der Waals surface area contributed by atoms with E-state index in [0.717, 1.165) is 68.7 Å². The van der Waals surface area contributed by atoms with Gasteiger partial charge in [-0.3, -0.25) is 0 Å². The zero-order chi connectivity index (χ0) is 27.8. The van der Waals surface area contributed by atoms with Crippen LogP contribution in [0.3, 0.4) is 0 Å². The van der Waals surface area contributed by atoms with Gasteiger partial charge >= 0.3 is 12.0 Å². The summed E-state index contributed by atoms with van der Waals surface area (Å²) in [7, 11) is 0. The molecule has 0 aliphatic heterocycles. The van der Waals surface area contributed by atoms with Crippen LogP contribution in [0.2, 0.25) is 0 Å². The number of hydroxylamine groups is 1. The average Bonchev–Trinajstić information content (AvgIpc) is 2.90. The molecule has 0 saturated heterocycles. The maximum atomic E-state index is 11.5. The summed E-state index contributed by atoms with van der Waals surface area (Å²) in [4.78, 5) is 27.6. The Hall–Kier alpha value is -3.18. The molecule has 0 fully saturated rings. The van der Waals surface area contributed by atoms with Crippen LogP contribution in [0, 0.1) is 0 Å². The molecule has 0 unspecified atom stereocenters. The second kappa shape index (κ2) is 17.4. The summed E-state index contributed by atoms with van der Waals surface area (Å²) in [5.41, 5.74) is 7.80. The zero-order valence-corrected chi connectivity index (χ0v) is 22.1. The minimum atomic E-state index is -0.857. The van der Waals surface area contributed by atoms with E-state index in [9.17, 15) is 24.9 Å². The molecule has 1 atom stereocenters. The molecule has 0 aliphatic rings. The van der Waals surface area contributed by atoms with Crippen LogP contribution in [0.25, 0.3) is 0 Å². The normalized spacial score (nSPS) is 11.8. The first-order valence-electron chi connectivity index (χ1n) is 13.1. The van der Waals surface area contributed by atoms with E-state index in [0.29, 0.717) is 30.0 Å². The van der Waals surface area contributed by atoms with Crippen molar-refractivity contribution in [3.8, 4) is 5.75 Å². The van der Waals surface area contributed by atoms with Crippen LogP contribution >= 0.6 is 0 Å². The topological polar surface area (TPSA) is 155 Å². The summed E-state index contributed by atoms with van der Waals surface area (Å²) in [5.74, 6) is -0.594. The van der Waals surface area contributed by atoms with Crippen molar-refractivity contribution in [1.29, 1.82) is 0 Å². The van der Waals surface area contributed by atoms with Gasteiger partial charge in [-0.25, -0.2) is 9.59 Å². The van der Waals surface area contributed by atoms with Gasteiger partial charge in [0.15, 0.2) is 0 Å². The van der Waals surface area contributed by atoms with Gasteiger partial charge in [0.2, 0.25) is 0 Å². The second-order valence-corrected chi connectivity index (χ2v) is 9.14. The van der Waals surface area contributed by atoms with Crippen LogP contribution in [0.5, 0.6) is 5.75 Å². The highest BCUT2D eigenvalue weighted by Crippen LogP contribution is 2.22. The van der Waals surface area contributed by atoms with Gasteiger partial charge in [0.05, 0.1) is 18.4 Å². The highest BCUT2D eigenvalue weighted by molar-refractivity contribution is 5.90. The Morgan fingerprint density at radius 2 is 1.76 bits per heavy atom. The van der Waals surface area contributed by atoms with Crippen molar-refractivity contribution in [2.75, 3.05) is 31.4 Å². The third kappa shape index (κ3) is 11.5. The first kappa shape index (κ1) is 31.0. The number of hydrogen-bond acceptors (Lipinski definition) is 8. The van der Waals surface area contributed by atoms with Crippen LogP contribution < -0.4 is 16.1 Å². The molecule has 210 valence electrons. The quantitative estimate of drug-likeness (QED) is 0.154. The Bertz CT molecular complexity index is 1000. The van der Waals surface area contributed by atoms with Gasteiger partial charge in [0.1, 0.15) is 5.75 Å². The number of nitrogens with two attached hydrogens (primary N) is 1. The zero-order valence-electron chi connectivity index (χ0n) is 22.1. The number of nitrogens with zero attached hydrogens (tertiary/aromatic N) is 1. The number of primary amides is 1. The number of carbonyl (C=O) groups excluding carboxylic acids is 2. The molecular weight excluding hydrogens is 490 g/mol. The van der Waals surface area contributed by atoms with Gasteiger partial charge < -0.3 is 35.9 Å². The number of aliphatic hydroxyl groups excluding tert-OH is 2. The number of nitrogens with one attached hydrogen (secondary N) is 1. The summed E-state index contributed by atoms with van der Waals surface area (Å²) in [6, 6.07) is 11.1. The number of aryl methyl sites for hydroxylation is 1. The Morgan fingerprint density at radius 1 is 1.03 bits per heavy atom. The van der Waals surface area contributed by atoms with E-state index in [2.05, 4.69) is 5.32 Å². The first-order valence-corrected chi connectivity index (χ1v) is 13.1. The number of aliphatic hydroxyl groups is 2. The maximum Gasteiger partial charge on any atom is 0.352 e. The van der Waals surface area contributed by atoms with Crippen molar-refractivity contribution >= 4 is 17.7 Å². The minimum Gasteiger partial charge on any atom is -0.508 e. The predicted octanol–water partition coefficient (Wildman–Crippen LogP) is 3.47. The predicted molar refractivity (Wildman–Crippen MR) is 144 cm³/mol. The summed E-state index contributed by atoms with van der Waals surface area (Å²) in [5, 5.41) is 33.1. The molecule has 2 aromatic rings. The molecule has 0 spiro atoms. The molecule has 0 saturated carbocycles. The molecular formula is C28H41N3O7. The number of phenols is 1. The van der Waals surface area contributed by atoms with Crippen molar-refractivity contribution in [2.45, 2.75) is 64.6 Å². The number of benzene rings is 2. The van der Waals surface area contributed by atoms with Gasteiger partial charge in [-0.05, 0) is 74.0 Å². The molecule has 2 aromatic carbocycles. The number of unbranched alkanes of at least 4 members (excludes halogenated alkanes) is 4. The van der Waals surface area contributed by atoms with E-state index in [-0.39, 0.29) is 12.4 Å². The van der Waals surface area contributed by atoms with Crippen LogP contribution in [-0.4, -0.2) is 53.6 Å². The van der Waals surface area contributed by atoms with E-state index in [1.165, 1.54) is 13.0 Å². The smallest absolute Gasteiger partial charge is 0.352 e. The molecule has 0 heterocycles. The average molecular weight is 532 g/mol. The number of anilines is 1. The standard InChI is InChI=1S/C28H41N3O7/c1-21(33)38-31(28(29)36)25-11-8-10-22(17-25)9-4-7-16-37-15-6-3-2-5-14-30-19-27(35)23-12-13-26(34)24(18-23)20-32/h8,10-13,17-18,27,30,32,34-35H,2-7,9,14-16,19-20H2,1H3,(H2,29,36)/t27-/m0/s1. The van der Waals surface area contributed by atoms with Crippen LogP contribution in [-0.2, 0) is 27.4 Å². The number of hydrogen-bond donors (Lipinski definition) is 5. The molecule has 0 bridgehead atoms. The van der Waals surface area contributed by atoms with E-state index >= 15 is 0 Å². The van der Waals surface area contributed by atoms with E-state index in [4.69, 9.17) is 15.3 Å². The fraction of sp³-hybridized carbons (Fsp3) is 0.500. The summed E-state index contributed by atoms with van der Waals surface area (Å²) >= 11 is 0. The minimum absolute atomic E-state index is 0.0275. The Kier molecular flexibility index (Phi) is 14.2. The lowest BCUT2D eigenvalue weighted by atomic mass is 10.1. The van der Waals surface area contributed by atoms with Gasteiger partial charge in [-0.15, -0.1) is 5.06 Å². The van der Waals surface area contributed by atoms with Crippen LogP contribution in [0.1, 0.15) is 68.2 Å². The van der Waals surface area contributed by atoms with E-state index in [1.807, 2.05) is 6.07 Å². The largest absolute Gasteiger partial charge is 0.508 e. The number of urea groups is 1. The van der Waals surface area contributed by atoms with Gasteiger partial charge in [0.25, 0.3) is 0 Å². The third-order valence-electron chi connectivity index (χ3n) is 5.96. The Morgan fingerprint density at radius 3 is 2.47 bits per heavy atom. The first-order chi connectivity index (χ1) is 18.3. The fourth-order valence-electron chi connectivity index (χ4n) is 3.93. The van der Waals surface area contributed by atoms with Gasteiger partial charge in [-0.1, -0.05) is 31.0 Å². The monoisotopic (exact) mass is 531 g/mol. The highest BCUT2D eigenvalue weighted by atomic mass is 16.7. The summed E-state index contributed by atoms with van der Waals surface area (Å²) < 4.78 is 5.73. The fourth-order valence-corrected chi connectivity index (χ4v) is 3.93. The number of aromatic hydroxyl groups is 1. The number of ether oxygens (including phenoxy) is 1. The number of rotatable bonds is 17. The van der Waals surface area contributed by atoms with Crippen LogP contribution in [0.15, 0.2) is 42.5 Å². The van der Waals surface area contributed by atoms with Crippen molar-refractivity contribution in [3.63, 3.8) is 0 Å². The second-order valence-electron chi connectivity index (χ2n) is 9.14. The molecule has 10 heteroatoms. The molecule has 2 rings (SSSR count). The van der Waals surface area contributed by atoms with Crippen LogP contribution in [0.4, 0.5) is 10.5 Å².